The zero-order valence-corrected chi connectivity index (χ0v) is 7.63. The fourth-order valence-electron chi connectivity index (χ4n) is 0.208. The molecule has 0 N–H and O–H groups in total. The van der Waals surface area contributed by atoms with Gasteiger partial charge in [-0.15, -0.1) is 33.2 Å². The Hall–Kier alpha value is 0.557. The van der Waals surface area contributed by atoms with Crippen LogP contribution in [0.25, 0.3) is 0 Å². The first kappa shape index (κ1) is 9.56. The minimum absolute atomic E-state index is 0.145. The average molecular weight is 207 g/mol. The highest BCUT2D eigenvalue weighted by Gasteiger charge is 2.24. The third kappa shape index (κ3) is 8.56. The highest BCUT2D eigenvalue weighted by molar-refractivity contribution is 7.64. The summed E-state index contributed by atoms with van der Waals surface area (Å²) < 4.78 is 4.19. The molecule has 6 heteroatoms. The van der Waals surface area contributed by atoms with Gasteiger partial charge in [-0.1, -0.05) is 0 Å². The molecule has 0 amide bonds. The zero-order chi connectivity index (χ0) is 7.33. The van der Waals surface area contributed by atoms with Gasteiger partial charge in [0.15, 0.2) is 0 Å². The van der Waals surface area contributed by atoms with E-state index < -0.39 is 6.00 Å². The number of rotatable bonds is 4. The maximum atomic E-state index is 9.43. The van der Waals surface area contributed by atoms with Crippen molar-refractivity contribution in [1.82, 2.24) is 0 Å². The third-order valence-electron chi connectivity index (χ3n) is 0.547. The highest BCUT2D eigenvalue weighted by atomic mass is 35.8. The van der Waals surface area contributed by atoms with Gasteiger partial charge in [0.25, 0.3) is 0 Å². The van der Waals surface area contributed by atoms with Crippen molar-refractivity contribution in [3.8, 4) is 0 Å². The van der Waals surface area contributed by atoms with Crippen molar-refractivity contribution in [3.05, 3.63) is 0 Å². The molecule has 0 heterocycles. The topological polar surface area (TPSA) is 26.3 Å². The van der Waals surface area contributed by atoms with Crippen LogP contribution in [-0.4, -0.2) is 19.1 Å². The normalized spacial score (nSPS) is 11.0. The molecule has 0 aliphatic heterocycles. The van der Waals surface area contributed by atoms with E-state index in [-0.39, 0.29) is 6.61 Å². The van der Waals surface area contributed by atoms with Gasteiger partial charge in [0.2, 0.25) is 0 Å². The van der Waals surface area contributed by atoms with Crippen LogP contribution in [-0.2, 0) is 9.53 Å². The minimum Gasteiger partial charge on any atom is -0.457 e. The van der Waals surface area contributed by atoms with E-state index in [0.29, 0.717) is 6.04 Å². The SMILES string of the molecule is O=[C]OCC[Si](Cl)(Cl)Cl. The second-order valence-corrected chi connectivity index (χ2v) is 10.6. The van der Waals surface area contributed by atoms with Gasteiger partial charge in [-0.2, -0.15) is 0 Å². The van der Waals surface area contributed by atoms with Crippen LogP contribution in [0, 0.1) is 0 Å². The van der Waals surface area contributed by atoms with E-state index in [1.54, 1.807) is 0 Å². The van der Waals surface area contributed by atoms with E-state index in [2.05, 4.69) is 4.74 Å². The molecule has 0 aromatic heterocycles. The van der Waals surface area contributed by atoms with Crippen LogP contribution < -0.4 is 0 Å². The van der Waals surface area contributed by atoms with E-state index in [9.17, 15) is 4.79 Å². The van der Waals surface area contributed by atoms with Gasteiger partial charge in [0.1, 0.15) is 0 Å². The molecule has 9 heavy (non-hydrogen) atoms. The first-order valence-electron chi connectivity index (χ1n) is 2.12. The Morgan fingerprint density at radius 2 is 2.00 bits per heavy atom. The summed E-state index contributed by atoms with van der Waals surface area (Å²) in [5.74, 6) is 0. The van der Waals surface area contributed by atoms with Crippen LogP contribution >= 0.6 is 33.2 Å². The lowest BCUT2D eigenvalue weighted by Gasteiger charge is -2.03. The van der Waals surface area contributed by atoms with Gasteiger partial charge >= 0.3 is 12.5 Å². The highest BCUT2D eigenvalue weighted by Crippen LogP contribution is 2.24. The first-order chi connectivity index (χ1) is 4.06. The van der Waals surface area contributed by atoms with Gasteiger partial charge in [0, 0.05) is 6.04 Å². The maximum Gasteiger partial charge on any atom is 0.417 e. The molecule has 0 unspecified atom stereocenters. The average Bonchev–Trinajstić information content (AvgIpc) is 1.63. The summed E-state index contributed by atoms with van der Waals surface area (Å²) >= 11 is 16.3. The molecule has 0 fully saturated rings. The Bertz CT molecular complexity index is 91.5. The lowest BCUT2D eigenvalue weighted by molar-refractivity contribution is 0.295. The predicted molar refractivity (Wildman–Crippen MR) is 39.8 cm³/mol. The van der Waals surface area contributed by atoms with Crippen molar-refractivity contribution in [1.29, 1.82) is 0 Å². The number of hydrogen-bond acceptors (Lipinski definition) is 2. The molecule has 0 spiro atoms. The second kappa shape index (κ2) is 4.38. The standard InChI is InChI=1S/C3H4Cl3O2Si/c4-9(5,6)2-1-8-3-7/h1-2H2. The van der Waals surface area contributed by atoms with Crippen LogP contribution in [0.2, 0.25) is 6.04 Å². The molecule has 53 valence electrons. The van der Waals surface area contributed by atoms with E-state index in [1.807, 2.05) is 0 Å². The minimum atomic E-state index is -2.58. The molecule has 0 saturated heterocycles. The molecule has 1 radical (unpaired) electrons. The Morgan fingerprint density at radius 3 is 2.33 bits per heavy atom. The van der Waals surface area contributed by atoms with Crippen molar-refractivity contribution >= 4 is 45.7 Å². The molecular weight excluding hydrogens is 202 g/mol. The monoisotopic (exact) mass is 205 g/mol. The van der Waals surface area contributed by atoms with Gasteiger partial charge in [-0.25, -0.2) is 4.79 Å². The third-order valence-corrected chi connectivity index (χ3v) is 3.02. The quantitative estimate of drug-likeness (QED) is 0.398. The van der Waals surface area contributed by atoms with E-state index in [4.69, 9.17) is 33.2 Å². The van der Waals surface area contributed by atoms with Gasteiger partial charge in [0.05, 0.1) is 6.61 Å². The van der Waals surface area contributed by atoms with E-state index >= 15 is 0 Å². The molecular formula is C3H4Cl3O2Si. The number of hydrogen-bond donors (Lipinski definition) is 0. The Kier molecular flexibility index (Phi) is 4.66. The molecule has 0 aliphatic rings. The predicted octanol–water partition coefficient (Wildman–Crippen LogP) is 1.73. The Labute approximate surface area is 68.2 Å². The maximum absolute atomic E-state index is 9.43. The lowest BCUT2D eigenvalue weighted by atomic mass is 10.9. The summed E-state index contributed by atoms with van der Waals surface area (Å²) in [6, 6.07) is -2.26. The molecule has 2 nitrogen and oxygen atoms in total. The summed E-state index contributed by atoms with van der Waals surface area (Å²) in [5, 5.41) is 0. The summed E-state index contributed by atoms with van der Waals surface area (Å²) in [6.45, 7) is 1.38. The molecule has 0 atom stereocenters. The molecule has 0 aromatic rings. The van der Waals surface area contributed by atoms with Crippen LogP contribution in [0.15, 0.2) is 0 Å². The summed E-state index contributed by atoms with van der Waals surface area (Å²) in [7, 11) is 0. The number of halogens is 3. The molecule has 0 aromatic carbocycles. The van der Waals surface area contributed by atoms with Crippen molar-refractivity contribution < 1.29 is 9.53 Å². The van der Waals surface area contributed by atoms with Crippen LogP contribution in [0.4, 0.5) is 0 Å². The fourth-order valence-corrected chi connectivity index (χ4v) is 1.24. The summed E-state index contributed by atoms with van der Waals surface area (Å²) in [4.78, 5) is 9.43. The van der Waals surface area contributed by atoms with Crippen molar-refractivity contribution in [3.63, 3.8) is 0 Å². The van der Waals surface area contributed by atoms with Crippen LogP contribution in [0.1, 0.15) is 0 Å². The Balaban J connectivity index is 3.17. The van der Waals surface area contributed by atoms with Crippen molar-refractivity contribution in [2.45, 2.75) is 6.04 Å². The van der Waals surface area contributed by atoms with Gasteiger partial charge in [-0.05, 0) is 0 Å². The smallest absolute Gasteiger partial charge is 0.417 e. The summed E-state index contributed by atoms with van der Waals surface area (Å²) in [6.07, 6.45) is 0. The Morgan fingerprint density at radius 1 is 1.44 bits per heavy atom. The van der Waals surface area contributed by atoms with Crippen molar-refractivity contribution in [2.24, 2.45) is 0 Å². The molecule has 0 aliphatic carbocycles. The van der Waals surface area contributed by atoms with E-state index in [0.717, 1.165) is 0 Å². The second-order valence-electron chi connectivity index (χ2n) is 1.30. The molecule has 0 bridgehead atoms. The lowest BCUT2D eigenvalue weighted by Crippen LogP contribution is -2.11. The molecule has 0 saturated carbocycles. The summed E-state index contributed by atoms with van der Waals surface area (Å²) in [5.41, 5.74) is 0. The van der Waals surface area contributed by atoms with Gasteiger partial charge in [-0.3, -0.25) is 0 Å². The van der Waals surface area contributed by atoms with Gasteiger partial charge < -0.3 is 4.74 Å². The van der Waals surface area contributed by atoms with Crippen LogP contribution in [0.5, 0.6) is 0 Å². The first-order valence-corrected chi connectivity index (χ1v) is 7.36. The number of carbonyl (C=O) groups excluding carboxylic acids is 1. The van der Waals surface area contributed by atoms with E-state index in [1.165, 1.54) is 6.47 Å². The van der Waals surface area contributed by atoms with Crippen LogP contribution in [0.3, 0.4) is 0 Å². The fraction of sp³-hybridized carbons (Fsp3) is 0.667. The van der Waals surface area contributed by atoms with Crippen molar-refractivity contribution in [2.75, 3.05) is 6.61 Å². The zero-order valence-electron chi connectivity index (χ0n) is 4.36. The largest absolute Gasteiger partial charge is 0.457 e. The molecule has 0 rings (SSSR count). The number of ether oxygens (including phenoxy) is 1.